The van der Waals surface area contributed by atoms with Crippen LogP contribution in [0.5, 0.6) is 0 Å². The number of benzene rings is 1. The van der Waals surface area contributed by atoms with Crippen molar-refractivity contribution in [2.24, 2.45) is 11.3 Å². The molecule has 13 heteroatoms. The van der Waals surface area contributed by atoms with Crippen molar-refractivity contribution in [2.45, 2.75) is 101 Å². The van der Waals surface area contributed by atoms with E-state index in [-0.39, 0.29) is 36.3 Å². The Bertz CT molecular complexity index is 1380. The van der Waals surface area contributed by atoms with Gasteiger partial charge in [-0.1, -0.05) is 44.5 Å². The Morgan fingerprint density at radius 3 is 2.27 bits per heavy atom. The molecule has 0 bridgehead atoms. The van der Waals surface area contributed by atoms with Gasteiger partial charge in [-0.25, -0.2) is 9.59 Å². The summed E-state index contributed by atoms with van der Waals surface area (Å²) in [6, 6.07) is 3.80. The van der Waals surface area contributed by atoms with Gasteiger partial charge in [-0.3, -0.25) is 13.8 Å². The second-order valence-corrected chi connectivity index (χ2v) is 14.6. The average molecular weight is 634 g/mol. The van der Waals surface area contributed by atoms with Crippen LogP contribution < -0.4 is 10.6 Å². The minimum Gasteiger partial charge on any atom is -0.467 e. The van der Waals surface area contributed by atoms with E-state index in [9.17, 15) is 27.6 Å². The lowest BCUT2D eigenvalue weighted by molar-refractivity contribution is -0.148. The first-order chi connectivity index (χ1) is 20.6. The maximum absolute atomic E-state index is 14.2. The van der Waals surface area contributed by atoms with Crippen molar-refractivity contribution in [3.05, 3.63) is 42.5 Å². The highest BCUT2D eigenvalue weighted by Crippen LogP contribution is 2.45. The third kappa shape index (κ3) is 7.26. The summed E-state index contributed by atoms with van der Waals surface area (Å²) in [5.74, 6) is -2.30. The van der Waals surface area contributed by atoms with Crippen LogP contribution in [-0.4, -0.2) is 80.7 Å². The number of nitrogens with zero attached hydrogens (tertiary/aromatic N) is 1. The Kier molecular flexibility index (Phi) is 9.79. The first-order valence-electron chi connectivity index (χ1n) is 14.9. The Hall–Kier alpha value is -3.45. The summed E-state index contributed by atoms with van der Waals surface area (Å²) in [7, 11) is -3.03. The number of hydrogen-bond donors (Lipinski definition) is 2. The van der Waals surface area contributed by atoms with Gasteiger partial charge in [0.05, 0.1) is 18.1 Å². The third-order valence-electron chi connectivity index (χ3n) is 8.57. The number of aryl methyl sites for hydroxylation is 1. The second-order valence-electron chi connectivity index (χ2n) is 13.0. The molecule has 1 heterocycles. The highest BCUT2D eigenvalue weighted by atomic mass is 32.2. The molecule has 1 aromatic rings. The number of methoxy groups -OCH3 is 1. The molecular formula is C31H43N3O9S. The van der Waals surface area contributed by atoms with Gasteiger partial charge < -0.3 is 25.0 Å². The van der Waals surface area contributed by atoms with Gasteiger partial charge >= 0.3 is 12.1 Å². The first-order valence-corrected chi connectivity index (χ1v) is 16.3. The van der Waals surface area contributed by atoms with E-state index in [0.29, 0.717) is 0 Å². The number of rotatable bonds is 10. The number of carbonyl (C=O) groups excluding carboxylic acids is 4. The van der Waals surface area contributed by atoms with E-state index in [2.05, 4.69) is 17.2 Å². The highest BCUT2D eigenvalue weighted by molar-refractivity contribution is 7.86. The summed E-state index contributed by atoms with van der Waals surface area (Å²) in [6.07, 6.45) is 3.02. The molecule has 242 valence electrons. The fourth-order valence-corrected chi connectivity index (χ4v) is 6.99. The minimum absolute atomic E-state index is 0.0609. The lowest BCUT2D eigenvalue weighted by Crippen LogP contribution is -2.59. The van der Waals surface area contributed by atoms with E-state index in [1.807, 2.05) is 6.92 Å². The van der Waals surface area contributed by atoms with Gasteiger partial charge in [0.1, 0.15) is 23.7 Å². The molecule has 3 amide bonds. The van der Waals surface area contributed by atoms with Crippen molar-refractivity contribution >= 4 is 34.0 Å². The van der Waals surface area contributed by atoms with Crippen LogP contribution in [0.4, 0.5) is 4.79 Å². The maximum atomic E-state index is 14.2. The van der Waals surface area contributed by atoms with E-state index in [0.717, 1.165) is 31.2 Å². The minimum atomic E-state index is -4.24. The molecule has 3 fully saturated rings. The molecule has 44 heavy (non-hydrogen) atoms. The monoisotopic (exact) mass is 633 g/mol. The molecule has 2 saturated carbocycles. The van der Waals surface area contributed by atoms with Crippen LogP contribution in [0.25, 0.3) is 0 Å². The van der Waals surface area contributed by atoms with Crippen LogP contribution in [0, 0.1) is 18.3 Å². The molecule has 0 radical (unpaired) electrons. The van der Waals surface area contributed by atoms with E-state index in [1.54, 1.807) is 39.0 Å². The van der Waals surface area contributed by atoms with Gasteiger partial charge in [0.2, 0.25) is 11.8 Å². The fraction of sp³-hybridized carbons (Fsp3) is 0.613. The molecule has 12 nitrogen and oxygen atoms in total. The van der Waals surface area contributed by atoms with E-state index in [4.69, 9.17) is 13.7 Å². The van der Waals surface area contributed by atoms with Gasteiger partial charge in [0.25, 0.3) is 10.1 Å². The normalized spacial score (nSPS) is 26.0. The standard InChI is InChI=1S/C31H43N3O9S/c1-7-20-17-31(20,28(37)41-6)33-26(35)24-16-22(43-44(39,40)23-14-12-19(2)13-15-23)18-34(24)27(36)25(30(3,4)5)32-29(38)42-21-10-8-9-11-21/h7,12-15,20-22,24-25H,1,8-11,16-18H2,2-6H3,(H,32,38)(H,33,35)/t20?,22?,24-,25+,31+/m0/s1. The number of hydrogen-bond acceptors (Lipinski definition) is 9. The number of alkyl carbamates (subject to hydrolysis) is 1. The first kappa shape index (κ1) is 33.4. The molecule has 5 atom stereocenters. The molecular weight excluding hydrogens is 590 g/mol. The lowest BCUT2D eigenvalue weighted by Gasteiger charge is -2.35. The molecule has 4 rings (SSSR count). The number of nitrogens with one attached hydrogen (secondary N) is 2. The predicted molar refractivity (Wildman–Crippen MR) is 160 cm³/mol. The zero-order chi connectivity index (χ0) is 32.4. The molecule has 2 aliphatic carbocycles. The van der Waals surface area contributed by atoms with Crippen LogP contribution in [0.1, 0.15) is 64.9 Å². The molecule has 0 spiro atoms. The largest absolute Gasteiger partial charge is 0.467 e. The zero-order valence-electron chi connectivity index (χ0n) is 26.0. The summed E-state index contributed by atoms with van der Waals surface area (Å²) < 4.78 is 42.3. The fourth-order valence-electron chi connectivity index (χ4n) is 5.91. The quantitative estimate of drug-likeness (QED) is 0.225. The van der Waals surface area contributed by atoms with E-state index < -0.39 is 63.1 Å². The Balaban J connectivity index is 1.60. The Labute approximate surface area is 259 Å². The number of carbonyl (C=O) groups is 4. The molecule has 3 aliphatic rings. The summed E-state index contributed by atoms with van der Waals surface area (Å²) >= 11 is 0. The molecule has 0 aromatic heterocycles. The van der Waals surface area contributed by atoms with Gasteiger partial charge in [-0.2, -0.15) is 8.42 Å². The summed E-state index contributed by atoms with van der Waals surface area (Å²) in [5.41, 5.74) is -1.28. The Morgan fingerprint density at radius 2 is 1.73 bits per heavy atom. The second kappa shape index (κ2) is 12.9. The number of likely N-dealkylation sites (tertiary alicyclic amines) is 1. The van der Waals surface area contributed by atoms with Gasteiger partial charge in [-0.05, 0) is 56.6 Å². The van der Waals surface area contributed by atoms with Crippen LogP contribution in [0.15, 0.2) is 41.8 Å². The molecule has 1 aromatic carbocycles. The van der Waals surface area contributed by atoms with Crippen molar-refractivity contribution < 1.29 is 41.3 Å². The molecule has 1 aliphatic heterocycles. The smallest absolute Gasteiger partial charge is 0.408 e. The number of ether oxygens (including phenoxy) is 2. The van der Waals surface area contributed by atoms with Crippen molar-refractivity contribution in [3.63, 3.8) is 0 Å². The predicted octanol–water partition coefficient (Wildman–Crippen LogP) is 2.99. The van der Waals surface area contributed by atoms with Crippen molar-refractivity contribution in [1.82, 2.24) is 15.5 Å². The SMILES string of the molecule is C=CC1C[C@]1(NC(=O)[C@@H]1CC(OS(=O)(=O)c2ccc(C)cc2)CN1C(=O)[C@@H](NC(=O)OC1CCCC1)C(C)(C)C)C(=O)OC. The summed E-state index contributed by atoms with van der Waals surface area (Å²) in [4.78, 5) is 54.6. The van der Waals surface area contributed by atoms with Gasteiger partial charge in [0, 0.05) is 18.9 Å². The molecule has 2 N–H and O–H groups in total. The van der Waals surface area contributed by atoms with Crippen LogP contribution in [0.2, 0.25) is 0 Å². The maximum Gasteiger partial charge on any atom is 0.408 e. The van der Waals surface area contributed by atoms with Gasteiger partial charge in [0.15, 0.2) is 0 Å². The summed E-state index contributed by atoms with van der Waals surface area (Å²) in [5, 5.41) is 5.43. The molecule has 2 unspecified atom stereocenters. The number of esters is 1. The average Bonchev–Trinajstić information content (AvgIpc) is 3.24. The lowest BCUT2D eigenvalue weighted by atomic mass is 9.85. The highest BCUT2D eigenvalue weighted by Gasteiger charge is 2.62. The zero-order valence-corrected chi connectivity index (χ0v) is 26.8. The molecule has 1 saturated heterocycles. The van der Waals surface area contributed by atoms with Crippen LogP contribution in [-0.2, 0) is 38.2 Å². The van der Waals surface area contributed by atoms with E-state index in [1.165, 1.54) is 24.1 Å². The number of amides is 3. The summed E-state index contributed by atoms with van der Waals surface area (Å²) in [6.45, 7) is 10.6. The topological polar surface area (TPSA) is 157 Å². The third-order valence-corrected chi connectivity index (χ3v) is 9.94. The van der Waals surface area contributed by atoms with Crippen molar-refractivity contribution in [1.29, 1.82) is 0 Å². The van der Waals surface area contributed by atoms with Crippen molar-refractivity contribution in [3.8, 4) is 0 Å². The van der Waals surface area contributed by atoms with E-state index >= 15 is 0 Å². The van der Waals surface area contributed by atoms with Crippen LogP contribution >= 0.6 is 0 Å². The Morgan fingerprint density at radius 1 is 1.09 bits per heavy atom. The van der Waals surface area contributed by atoms with Gasteiger partial charge in [-0.15, -0.1) is 6.58 Å². The van der Waals surface area contributed by atoms with Crippen molar-refractivity contribution in [2.75, 3.05) is 13.7 Å². The van der Waals surface area contributed by atoms with Crippen LogP contribution in [0.3, 0.4) is 0 Å².